The molecule has 0 spiro atoms. The molecule has 1 saturated heterocycles. The van der Waals surface area contributed by atoms with E-state index in [4.69, 9.17) is 0 Å². The molecule has 1 aliphatic heterocycles. The first kappa shape index (κ1) is 11.2. The summed E-state index contributed by atoms with van der Waals surface area (Å²) >= 11 is 0. The normalized spacial score (nSPS) is 22.9. The van der Waals surface area contributed by atoms with Crippen molar-refractivity contribution in [2.45, 2.75) is 37.8 Å². The van der Waals surface area contributed by atoms with Gasteiger partial charge in [-0.1, -0.05) is 12.1 Å². The van der Waals surface area contributed by atoms with E-state index in [-0.39, 0.29) is 5.82 Å². The smallest absolute Gasteiger partial charge is 0.128 e. The van der Waals surface area contributed by atoms with Gasteiger partial charge in [0.05, 0.1) is 5.60 Å². The van der Waals surface area contributed by atoms with Gasteiger partial charge >= 0.3 is 0 Å². The quantitative estimate of drug-likeness (QED) is 0.869. The Bertz CT molecular complexity index is 422. The first-order valence-corrected chi connectivity index (χ1v) is 6.41. The third-order valence-corrected chi connectivity index (χ3v) is 3.91. The highest BCUT2D eigenvalue weighted by Gasteiger charge is 2.42. The number of halogens is 1. The van der Waals surface area contributed by atoms with Crippen molar-refractivity contribution in [2.24, 2.45) is 0 Å². The van der Waals surface area contributed by atoms with Gasteiger partial charge < -0.3 is 5.11 Å². The fraction of sp³-hybridized carbons (Fsp3) is 0.571. The zero-order valence-electron chi connectivity index (χ0n) is 9.95. The van der Waals surface area contributed by atoms with Crippen LogP contribution in [0.15, 0.2) is 18.2 Å². The molecule has 0 atom stereocenters. The first-order valence-electron chi connectivity index (χ1n) is 6.41. The number of hydrogen-bond acceptors (Lipinski definition) is 2. The third kappa shape index (κ3) is 2.22. The van der Waals surface area contributed by atoms with Crippen LogP contribution in [0.4, 0.5) is 4.39 Å². The summed E-state index contributed by atoms with van der Waals surface area (Å²) in [5.41, 5.74) is 0.757. The first-order chi connectivity index (χ1) is 8.17. The summed E-state index contributed by atoms with van der Waals surface area (Å²) in [7, 11) is 0. The molecule has 0 unspecified atom stereocenters. The topological polar surface area (TPSA) is 23.5 Å². The predicted octanol–water partition coefficient (Wildman–Crippen LogP) is 2.40. The summed E-state index contributed by atoms with van der Waals surface area (Å²) in [4.78, 5) is 2.28. The molecular weight excluding hydrogens is 217 g/mol. The summed E-state index contributed by atoms with van der Waals surface area (Å²) < 4.78 is 13.9. The van der Waals surface area contributed by atoms with E-state index < -0.39 is 5.60 Å². The average molecular weight is 235 g/mol. The van der Waals surface area contributed by atoms with Gasteiger partial charge in [-0.2, -0.15) is 0 Å². The second kappa shape index (κ2) is 4.07. The second-order valence-corrected chi connectivity index (χ2v) is 5.32. The molecule has 2 fully saturated rings. The Kier molecular flexibility index (Phi) is 2.68. The number of benzene rings is 1. The fourth-order valence-corrected chi connectivity index (χ4v) is 2.55. The van der Waals surface area contributed by atoms with E-state index in [0.29, 0.717) is 6.54 Å². The van der Waals surface area contributed by atoms with Crippen LogP contribution in [-0.2, 0) is 12.1 Å². The number of nitrogens with zero attached hydrogens (tertiary/aromatic N) is 1. The average Bonchev–Trinajstić information content (AvgIpc) is 2.87. The molecule has 2 nitrogen and oxygen atoms in total. The third-order valence-electron chi connectivity index (χ3n) is 3.91. The molecule has 92 valence electrons. The van der Waals surface area contributed by atoms with E-state index in [1.54, 1.807) is 0 Å². The van der Waals surface area contributed by atoms with Crippen LogP contribution in [0.1, 0.15) is 36.8 Å². The van der Waals surface area contributed by atoms with Gasteiger partial charge in [0.2, 0.25) is 0 Å². The number of aliphatic hydroxyl groups is 1. The largest absolute Gasteiger partial charge is 0.385 e. The Labute approximate surface area is 101 Å². The Morgan fingerprint density at radius 3 is 2.53 bits per heavy atom. The minimum atomic E-state index is -0.729. The summed E-state index contributed by atoms with van der Waals surface area (Å²) in [5, 5.41) is 9.92. The van der Waals surface area contributed by atoms with Crippen LogP contribution < -0.4 is 0 Å². The monoisotopic (exact) mass is 235 g/mol. The van der Waals surface area contributed by atoms with E-state index in [1.165, 1.54) is 18.9 Å². The van der Waals surface area contributed by atoms with Gasteiger partial charge in [0.15, 0.2) is 0 Å². The Hall–Kier alpha value is -0.930. The summed E-state index contributed by atoms with van der Waals surface area (Å²) in [6.45, 7) is 2.85. The van der Waals surface area contributed by atoms with Crippen molar-refractivity contribution in [1.29, 1.82) is 0 Å². The molecule has 0 bridgehead atoms. The molecule has 0 aromatic heterocycles. The van der Waals surface area contributed by atoms with Gasteiger partial charge in [0, 0.05) is 12.1 Å². The molecule has 3 heteroatoms. The van der Waals surface area contributed by atoms with E-state index in [0.717, 1.165) is 37.1 Å². The zero-order chi connectivity index (χ0) is 11.9. The van der Waals surface area contributed by atoms with Gasteiger partial charge in [-0.15, -0.1) is 0 Å². The molecule has 1 heterocycles. The predicted molar refractivity (Wildman–Crippen MR) is 64.0 cm³/mol. The van der Waals surface area contributed by atoms with Crippen LogP contribution in [0.5, 0.6) is 0 Å². The van der Waals surface area contributed by atoms with Crippen LogP contribution in [0, 0.1) is 5.82 Å². The molecule has 0 radical (unpaired) electrons. The van der Waals surface area contributed by atoms with E-state index in [1.807, 2.05) is 12.1 Å². The van der Waals surface area contributed by atoms with Crippen molar-refractivity contribution >= 4 is 0 Å². The van der Waals surface area contributed by atoms with Crippen molar-refractivity contribution in [3.05, 3.63) is 35.1 Å². The molecule has 1 aromatic carbocycles. The van der Waals surface area contributed by atoms with Crippen LogP contribution >= 0.6 is 0 Å². The Morgan fingerprint density at radius 2 is 1.94 bits per heavy atom. The van der Waals surface area contributed by atoms with Crippen LogP contribution in [0.25, 0.3) is 0 Å². The van der Waals surface area contributed by atoms with Crippen LogP contribution in [0.2, 0.25) is 0 Å². The molecule has 0 amide bonds. The maximum Gasteiger partial charge on any atom is 0.128 e. The van der Waals surface area contributed by atoms with Crippen molar-refractivity contribution < 1.29 is 9.50 Å². The Balaban J connectivity index is 1.76. The standard InChI is InChI=1S/C14H18FNO/c15-13-9-12(14(17)5-6-14)4-3-11(13)10-16-7-1-2-8-16/h3-4,9,17H,1-2,5-8,10H2. The number of hydrogen-bond donors (Lipinski definition) is 1. The van der Waals surface area contributed by atoms with Gasteiger partial charge in [0.25, 0.3) is 0 Å². The fourth-order valence-electron chi connectivity index (χ4n) is 2.55. The Morgan fingerprint density at radius 1 is 1.24 bits per heavy atom. The molecule has 1 aromatic rings. The minimum absolute atomic E-state index is 0.172. The summed E-state index contributed by atoms with van der Waals surface area (Å²) in [6, 6.07) is 5.22. The van der Waals surface area contributed by atoms with Crippen molar-refractivity contribution in [3.63, 3.8) is 0 Å². The van der Waals surface area contributed by atoms with Gasteiger partial charge in [-0.05, 0) is 50.4 Å². The van der Waals surface area contributed by atoms with Crippen molar-refractivity contribution in [3.8, 4) is 0 Å². The molecule has 17 heavy (non-hydrogen) atoms. The highest BCUT2D eigenvalue weighted by molar-refractivity contribution is 5.31. The van der Waals surface area contributed by atoms with Crippen LogP contribution in [0.3, 0.4) is 0 Å². The minimum Gasteiger partial charge on any atom is -0.385 e. The van der Waals surface area contributed by atoms with E-state index in [2.05, 4.69) is 4.90 Å². The summed E-state index contributed by atoms with van der Waals surface area (Å²) in [5.74, 6) is -0.172. The molecule has 1 aliphatic carbocycles. The van der Waals surface area contributed by atoms with E-state index in [9.17, 15) is 9.50 Å². The van der Waals surface area contributed by atoms with Gasteiger partial charge in [0.1, 0.15) is 5.82 Å². The lowest BCUT2D eigenvalue weighted by Gasteiger charge is -2.16. The molecule has 2 aliphatic rings. The van der Waals surface area contributed by atoms with Gasteiger partial charge in [-0.3, -0.25) is 4.90 Å². The highest BCUT2D eigenvalue weighted by Crippen LogP contribution is 2.45. The molecular formula is C14H18FNO. The van der Waals surface area contributed by atoms with E-state index >= 15 is 0 Å². The lowest BCUT2D eigenvalue weighted by Crippen LogP contribution is -2.19. The maximum absolute atomic E-state index is 13.9. The molecule has 1 saturated carbocycles. The van der Waals surface area contributed by atoms with Gasteiger partial charge in [-0.25, -0.2) is 4.39 Å². The van der Waals surface area contributed by atoms with Crippen molar-refractivity contribution in [2.75, 3.05) is 13.1 Å². The highest BCUT2D eigenvalue weighted by atomic mass is 19.1. The molecule has 1 N–H and O–H groups in total. The molecule has 3 rings (SSSR count). The van der Waals surface area contributed by atoms with Crippen LogP contribution in [-0.4, -0.2) is 23.1 Å². The number of likely N-dealkylation sites (tertiary alicyclic amines) is 1. The maximum atomic E-state index is 13.9. The number of rotatable bonds is 3. The van der Waals surface area contributed by atoms with Crippen molar-refractivity contribution in [1.82, 2.24) is 4.90 Å². The second-order valence-electron chi connectivity index (χ2n) is 5.32. The SMILES string of the molecule is OC1(c2ccc(CN3CCCC3)c(F)c2)CC1. The lowest BCUT2D eigenvalue weighted by molar-refractivity contribution is 0.151. The summed E-state index contributed by atoms with van der Waals surface area (Å²) in [6.07, 6.45) is 3.97. The lowest BCUT2D eigenvalue weighted by atomic mass is 10.0. The zero-order valence-corrected chi connectivity index (χ0v) is 9.95.